The molecule has 0 saturated carbocycles. The predicted molar refractivity (Wildman–Crippen MR) is 309 cm³/mol. The fourth-order valence-corrected chi connectivity index (χ4v) is 9.89. The van der Waals surface area contributed by atoms with Gasteiger partial charge in [-0.2, -0.15) is 21.6 Å². The molecule has 2 saturated heterocycles. The van der Waals surface area contributed by atoms with Crippen LogP contribution in [0.3, 0.4) is 0 Å². The number of carbonyl (C=O) groups excluding carboxylic acids is 4. The van der Waals surface area contributed by atoms with Crippen molar-refractivity contribution in [3.05, 3.63) is 53.3 Å². The molecule has 2 aromatic carbocycles. The number of hydrogen-bond donors (Lipinski definition) is 2. The van der Waals surface area contributed by atoms with Crippen LogP contribution in [-0.2, 0) is 61.6 Å². The summed E-state index contributed by atoms with van der Waals surface area (Å²) in [5.74, 6) is -1.89. The van der Waals surface area contributed by atoms with E-state index in [1.54, 1.807) is 59.7 Å². The average molecular weight is 1240 g/mol. The first kappa shape index (κ1) is 72.0. The first-order chi connectivity index (χ1) is 37.9. The molecule has 5 rings (SSSR count). The van der Waals surface area contributed by atoms with Crippen molar-refractivity contribution >= 4 is 63.0 Å². The van der Waals surface area contributed by atoms with Gasteiger partial charge in [0.2, 0.25) is 0 Å². The number of esters is 2. The van der Waals surface area contributed by atoms with E-state index >= 15 is 0 Å². The highest BCUT2D eigenvalue weighted by Gasteiger charge is 2.52. The number of likely N-dealkylation sites (tertiary alicyclic amines) is 1. The SMILES string of the molecule is CC1(C)OB(c2cc(O)cc(OCOCC[Si](C)(C)C)c2)OC1(C)C.COC(=O)C1=C(OS(=O)(=O)C(F)(F)F)CCN(C(=O)OC(C)(C)C)C1.COC(=O)[C@H]1CN(C(=O)OC(C)(C)C)CC[C@@H]1c1cc(O)cc(OCOCC[Si](C)(C)C)c1. The second-order valence-electron chi connectivity index (χ2n) is 25.6. The average Bonchev–Trinajstić information content (AvgIpc) is 3.69. The molecule has 2 aromatic rings. The summed E-state index contributed by atoms with van der Waals surface area (Å²) in [6, 6.07) is 12.1. The largest absolute Gasteiger partial charge is 0.534 e. The van der Waals surface area contributed by atoms with E-state index < -0.39 is 116 Å². The molecular formula is C55H88BF3N2O19SSi2. The first-order valence-electron chi connectivity index (χ1n) is 27.2. The Labute approximate surface area is 489 Å². The van der Waals surface area contributed by atoms with E-state index in [9.17, 15) is 51.0 Å². The van der Waals surface area contributed by atoms with Gasteiger partial charge in [0.1, 0.15) is 40.0 Å². The lowest BCUT2D eigenvalue weighted by Gasteiger charge is -2.38. The Balaban J connectivity index is 0.000000331. The van der Waals surface area contributed by atoms with Crippen LogP contribution in [0.1, 0.15) is 93.6 Å². The molecular weight excluding hydrogens is 1150 g/mol. The molecule has 2 fully saturated rings. The first-order valence-corrected chi connectivity index (χ1v) is 36.0. The number of phenols is 2. The second-order valence-corrected chi connectivity index (χ2v) is 38.3. The summed E-state index contributed by atoms with van der Waals surface area (Å²) >= 11 is 0. The van der Waals surface area contributed by atoms with Crippen molar-refractivity contribution in [2.75, 3.05) is 67.2 Å². The van der Waals surface area contributed by atoms with Gasteiger partial charge in [0.15, 0.2) is 13.6 Å². The Morgan fingerprint density at radius 2 is 1.19 bits per heavy atom. The molecule has 28 heteroatoms. The third-order valence-corrected chi connectivity index (χ3v) is 17.4. The van der Waals surface area contributed by atoms with Crippen LogP contribution in [0.5, 0.6) is 23.0 Å². The highest BCUT2D eigenvalue weighted by molar-refractivity contribution is 7.87. The molecule has 2 N–H and O–H groups in total. The van der Waals surface area contributed by atoms with Crippen molar-refractivity contribution < 1.29 is 102 Å². The Morgan fingerprint density at radius 1 is 0.711 bits per heavy atom. The lowest BCUT2D eigenvalue weighted by atomic mass is 9.79. The fourth-order valence-electron chi connectivity index (χ4n) is 7.84. The van der Waals surface area contributed by atoms with E-state index in [2.05, 4.69) is 48.2 Å². The zero-order chi connectivity index (χ0) is 63.3. The van der Waals surface area contributed by atoms with Crippen molar-refractivity contribution in [3.63, 3.8) is 0 Å². The lowest BCUT2D eigenvalue weighted by molar-refractivity contribution is -0.148. The minimum absolute atomic E-state index is 0.0442. The van der Waals surface area contributed by atoms with Crippen LogP contribution >= 0.6 is 0 Å². The summed E-state index contributed by atoms with van der Waals surface area (Å²) in [6.07, 6.45) is -1.18. The summed E-state index contributed by atoms with van der Waals surface area (Å²) in [4.78, 5) is 51.5. The number of amides is 2. The molecule has 3 aliphatic rings. The maximum Gasteiger partial charge on any atom is 0.534 e. The molecule has 0 aliphatic carbocycles. The molecule has 83 heavy (non-hydrogen) atoms. The van der Waals surface area contributed by atoms with Gasteiger partial charge in [0, 0.05) is 73.5 Å². The zero-order valence-electron chi connectivity index (χ0n) is 51.5. The summed E-state index contributed by atoms with van der Waals surface area (Å²) in [5.41, 5.74) is -6.97. The fraction of sp³-hybridized carbons (Fsp3) is 0.673. The maximum atomic E-state index is 12.6. The number of alkyl halides is 3. The van der Waals surface area contributed by atoms with Gasteiger partial charge in [-0.15, -0.1) is 0 Å². The number of benzene rings is 2. The molecule has 0 unspecified atom stereocenters. The molecule has 0 aromatic heterocycles. The van der Waals surface area contributed by atoms with Crippen molar-refractivity contribution in [1.29, 1.82) is 0 Å². The quantitative estimate of drug-likeness (QED) is 0.0268. The van der Waals surface area contributed by atoms with Crippen LogP contribution in [0.4, 0.5) is 22.8 Å². The molecule has 2 amide bonds. The van der Waals surface area contributed by atoms with Gasteiger partial charge >= 0.3 is 46.9 Å². The van der Waals surface area contributed by atoms with Crippen LogP contribution in [0.15, 0.2) is 47.7 Å². The van der Waals surface area contributed by atoms with Gasteiger partial charge < -0.3 is 71.4 Å². The molecule has 0 bridgehead atoms. The van der Waals surface area contributed by atoms with Crippen molar-refractivity contribution in [1.82, 2.24) is 9.80 Å². The van der Waals surface area contributed by atoms with E-state index in [0.29, 0.717) is 37.7 Å². The van der Waals surface area contributed by atoms with E-state index in [-0.39, 0.29) is 44.1 Å². The predicted octanol–water partition coefficient (Wildman–Crippen LogP) is 9.90. The molecule has 470 valence electrons. The zero-order valence-corrected chi connectivity index (χ0v) is 54.3. The van der Waals surface area contributed by atoms with E-state index in [1.807, 2.05) is 39.8 Å². The minimum Gasteiger partial charge on any atom is -0.508 e. The molecule has 2 atom stereocenters. The summed E-state index contributed by atoms with van der Waals surface area (Å²) < 4.78 is 118. The molecule has 0 radical (unpaired) electrons. The van der Waals surface area contributed by atoms with E-state index in [1.165, 1.54) is 18.1 Å². The van der Waals surface area contributed by atoms with Gasteiger partial charge in [-0.3, -0.25) is 4.79 Å². The van der Waals surface area contributed by atoms with Crippen LogP contribution < -0.4 is 14.9 Å². The number of piperidine rings is 1. The van der Waals surface area contributed by atoms with Gasteiger partial charge in [0.25, 0.3) is 0 Å². The van der Waals surface area contributed by atoms with Gasteiger partial charge in [-0.05, 0) is 123 Å². The Morgan fingerprint density at radius 3 is 1.65 bits per heavy atom. The number of rotatable bonds is 18. The van der Waals surface area contributed by atoms with Gasteiger partial charge in [0.05, 0.1) is 43.5 Å². The summed E-state index contributed by atoms with van der Waals surface area (Å²) in [5, 5.41) is 20.3. The van der Waals surface area contributed by atoms with Crippen molar-refractivity contribution in [3.8, 4) is 23.0 Å². The summed E-state index contributed by atoms with van der Waals surface area (Å²) in [6.45, 7) is 33.5. The van der Waals surface area contributed by atoms with E-state index in [0.717, 1.165) is 35.1 Å². The van der Waals surface area contributed by atoms with Crippen LogP contribution in [0.25, 0.3) is 0 Å². The minimum atomic E-state index is -5.94. The van der Waals surface area contributed by atoms with Crippen LogP contribution in [-0.4, -0.2) is 171 Å². The van der Waals surface area contributed by atoms with Crippen LogP contribution in [0, 0.1) is 5.92 Å². The van der Waals surface area contributed by atoms with Crippen LogP contribution in [0.2, 0.25) is 51.4 Å². The Hall–Kier alpha value is -5.26. The normalized spacial score (nSPS) is 18.4. The standard InChI is InChI=1S/C24H39NO7Si.C18H31BO5Si.C13H18F3NO7S/c1-24(2,3)32-23(28)25-9-8-20(21(15-25)22(27)29-4)17-12-18(26)14-19(13-17)31-16-30-10-11-33(5,6)7;1-17(2)18(3,4)24-19(23-17)14-10-15(20)12-16(11-14)22-13-21-8-9-25(5,6)7;1-12(2,3)23-11(19)17-6-5-9(8(7-17)10(18)22-4)24-25(20,21)13(14,15)16/h12-14,20-21,26H,8-11,15-16H2,1-7H3;10-12,20H,8-9,13H2,1-7H3;5-7H2,1-4H3/t20-,21+;;/m1../s1. The van der Waals surface area contributed by atoms with Crippen molar-refractivity contribution in [2.45, 2.75) is 167 Å². The maximum absolute atomic E-state index is 12.6. The summed E-state index contributed by atoms with van der Waals surface area (Å²) in [7, 11) is -6.46. The highest BCUT2D eigenvalue weighted by Crippen LogP contribution is 2.39. The van der Waals surface area contributed by atoms with Crippen molar-refractivity contribution in [2.24, 2.45) is 5.92 Å². The number of carbonyl (C=O) groups is 4. The molecule has 3 aliphatic heterocycles. The number of hydrogen-bond acceptors (Lipinski definition) is 19. The Kier molecular flexibility index (Phi) is 25.3. The number of nitrogens with zero attached hydrogens (tertiary/aromatic N) is 2. The smallest absolute Gasteiger partial charge is 0.508 e. The number of methoxy groups -OCH3 is 2. The molecule has 3 heterocycles. The number of aromatic hydroxyl groups is 2. The Bertz CT molecular complexity index is 2650. The molecule has 0 spiro atoms. The van der Waals surface area contributed by atoms with Gasteiger partial charge in [-0.25, -0.2) is 14.4 Å². The number of ether oxygens (including phenoxy) is 8. The monoisotopic (exact) mass is 1240 g/mol. The van der Waals surface area contributed by atoms with E-state index in [4.69, 9.17) is 42.5 Å². The number of phenolic OH excluding ortho intramolecular Hbond substituents is 2. The number of halogens is 3. The van der Waals surface area contributed by atoms with Gasteiger partial charge in [-0.1, -0.05) is 39.3 Å². The lowest BCUT2D eigenvalue weighted by Crippen LogP contribution is -2.47. The highest BCUT2D eigenvalue weighted by atomic mass is 32.2. The topological polar surface area (TPSA) is 251 Å². The third-order valence-electron chi connectivity index (χ3n) is 13.0. The second kappa shape index (κ2) is 29.2. The third kappa shape index (κ3) is 24.0. The molecule has 21 nitrogen and oxygen atoms in total.